The van der Waals surface area contributed by atoms with E-state index in [1.165, 1.54) is 0 Å². The van der Waals surface area contributed by atoms with Gasteiger partial charge >= 0.3 is 0 Å². The molecule has 20 heavy (non-hydrogen) atoms. The molecule has 0 aliphatic carbocycles. The molecule has 1 atom stereocenters. The van der Waals surface area contributed by atoms with E-state index in [4.69, 9.17) is 0 Å². The largest absolute Gasteiger partial charge is 0.612 e. The van der Waals surface area contributed by atoms with Gasteiger partial charge in [-0.2, -0.15) is 0 Å². The summed E-state index contributed by atoms with van der Waals surface area (Å²) in [5.74, 6) is 0. The van der Waals surface area contributed by atoms with Crippen LogP contribution in [0.5, 0.6) is 0 Å². The lowest BCUT2D eigenvalue weighted by Gasteiger charge is -2.13. The zero-order valence-electron chi connectivity index (χ0n) is 11.5. The third-order valence-electron chi connectivity index (χ3n) is 3.09. The zero-order chi connectivity index (χ0) is 14.9. The molecule has 0 N–H and O–H groups in total. The van der Waals surface area contributed by atoms with Crippen molar-refractivity contribution < 1.29 is 13.0 Å². The average Bonchev–Trinajstić information content (AvgIpc) is 2.38. The molecule has 0 saturated carbocycles. The summed E-state index contributed by atoms with van der Waals surface area (Å²) in [5, 5.41) is 0. The van der Waals surface area contributed by atoms with Crippen molar-refractivity contribution in [2.45, 2.75) is 23.6 Å². The molecular formula is C15H16O3S2. The summed E-state index contributed by atoms with van der Waals surface area (Å²) >= 11 is -1.18. The highest BCUT2D eigenvalue weighted by molar-refractivity contribution is 7.90. The molecule has 1 unspecified atom stereocenters. The van der Waals surface area contributed by atoms with Gasteiger partial charge in [0.2, 0.25) is 0 Å². The maximum atomic E-state index is 11.9. The van der Waals surface area contributed by atoms with Gasteiger partial charge in [-0.15, -0.1) is 0 Å². The SMILES string of the molecule is Cc1ccc(-c2ccc(C)cc2[SH](=O)=O)c([S+](C)[O-])c1. The lowest BCUT2D eigenvalue weighted by Crippen LogP contribution is -2.02. The number of hydrogen-bond donors (Lipinski definition) is 1. The Bertz CT molecular complexity index is 711. The van der Waals surface area contributed by atoms with Crippen LogP contribution in [-0.4, -0.2) is 19.2 Å². The molecule has 0 spiro atoms. The molecule has 0 saturated heterocycles. The molecular weight excluding hydrogens is 292 g/mol. The van der Waals surface area contributed by atoms with Gasteiger partial charge in [-0.1, -0.05) is 18.2 Å². The molecule has 2 aromatic carbocycles. The highest BCUT2D eigenvalue weighted by atomic mass is 32.2. The first-order valence-electron chi connectivity index (χ1n) is 6.09. The van der Waals surface area contributed by atoms with Crippen LogP contribution in [0.1, 0.15) is 11.1 Å². The quantitative estimate of drug-likeness (QED) is 0.700. The predicted molar refractivity (Wildman–Crippen MR) is 82.3 cm³/mol. The van der Waals surface area contributed by atoms with Crippen LogP contribution >= 0.6 is 0 Å². The first-order chi connectivity index (χ1) is 9.40. The molecule has 5 heteroatoms. The van der Waals surface area contributed by atoms with Crippen LogP contribution in [0, 0.1) is 13.8 Å². The second-order valence-corrected chi connectivity index (χ2v) is 7.08. The van der Waals surface area contributed by atoms with Gasteiger partial charge in [0, 0.05) is 11.1 Å². The third kappa shape index (κ3) is 3.06. The minimum atomic E-state index is -2.69. The van der Waals surface area contributed by atoms with Crippen molar-refractivity contribution in [3.63, 3.8) is 0 Å². The summed E-state index contributed by atoms with van der Waals surface area (Å²) in [6, 6.07) is 10.8. The van der Waals surface area contributed by atoms with Crippen molar-refractivity contribution in [1.29, 1.82) is 0 Å². The lowest BCUT2D eigenvalue weighted by atomic mass is 10.0. The monoisotopic (exact) mass is 308 g/mol. The van der Waals surface area contributed by atoms with Gasteiger partial charge in [0.05, 0.1) is 4.90 Å². The first kappa shape index (κ1) is 15.1. The molecule has 106 valence electrons. The van der Waals surface area contributed by atoms with E-state index in [9.17, 15) is 13.0 Å². The molecule has 0 heterocycles. The summed E-state index contributed by atoms with van der Waals surface area (Å²) in [6.45, 7) is 3.77. The summed E-state index contributed by atoms with van der Waals surface area (Å²) in [6.07, 6.45) is 1.60. The highest BCUT2D eigenvalue weighted by Gasteiger charge is 2.17. The lowest BCUT2D eigenvalue weighted by molar-refractivity contribution is 0.600. The molecule has 0 bridgehead atoms. The van der Waals surface area contributed by atoms with Crippen molar-refractivity contribution in [1.82, 2.24) is 0 Å². The van der Waals surface area contributed by atoms with Crippen LogP contribution in [0.3, 0.4) is 0 Å². The Morgan fingerprint density at radius 2 is 1.50 bits per heavy atom. The van der Waals surface area contributed by atoms with E-state index in [1.807, 2.05) is 38.1 Å². The van der Waals surface area contributed by atoms with Gasteiger partial charge in [0.1, 0.15) is 6.26 Å². The number of benzene rings is 2. The summed E-state index contributed by atoms with van der Waals surface area (Å²) in [5.41, 5.74) is 3.20. The van der Waals surface area contributed by atoms with E-state index >= 15 is 0 Å². The summed E-state index contributed by atoms with van der Waals surface area (Å²) < 4.78 is 34.8. The van der Waals surface area contributed by atoms with Crippen LogP contribution < -0.4 is 0 Å². The number of hydrogen-bond acceptors (Lipinski definition) is 3. The minimum absolute atomic E-state index is 0.274. The van der Waals surface area contributed by atoms with Crippen LogP contribution in [0.4, 0.5) is 0 Å². The topological polar surface area (TPSA) is 57.2 Å². The van der Waals surface area contributed by atoms with Crippen molar-refractivity contribution in [3.8, 4) is 11.1 Å². The Kier molecular flexibility index (Phi) is 4.52. The molecule has 0 aliphatic rings. The zero-order valence-corrected chi connectivity index (χ0v) is 13.3. The molecule has 0 radical (unpaired) electrons. The maximum absolute atomic E-state index is 11.9. The molecule has 2 aromatic rings. The first-order valence-corrected chi connectivity index (χ1v) is 8.83. The van der Waals surface area contributed by atoms with Crippen LogP contribution in [-0.2, 0) is 21.9 Å². The highest BCUT2D eigenvalue weighted by Crippen LogP contribution is 2.32. The van der Waals surface area contributed by atoms with E-state index < -0.39 is 21.9 Å². The van der Waals surface area contributed by atoms with Gasteiger partial charge in [0.25, 0.3) is 0 Å². The molecule has 2 rings (SSSR count). The van der Waals surface area contributed by atoms with Crippen molar-refractivity contribution in [2.24, 2.45) is 0 Å². The Hall–Kier alpha value is -1.30. The van der Waals surface area contributed by atoms with Gasteiger partial charge < -0.3 is 4.55 Å². The Morgan fingerprint density at radius 1 is 0.950 bits per heavy atom. The number of thiol groups is 1. The fraction of sp³-hybridized carbons (Fsp3) is 0.200. The second kappa shape index (κ2) is 5.99. The predicted octanol–water partition coefficient (Wildman–Crippen LogP) is 2.68. The van der Waals surface area contributed by atoms with E-state index in [0.717, 1.165) is 11.1 Å². The Morgan fingerprint density at radius 3 is 2.05 bits per heavy atom. The number of rotatable bonds is 3. The Balaban J connectivity index is 2.75. The number of aryl methyl sites for hydroxylation is 2. The van der Waals surface area contributed by atoms with Gasteiger partial charge in [-0.25, -0.2) is 8.42 Å². The second-order valence-electron chi connectivity index (χ2n) is 4.73. The van der Waals surface area contributed by atoms with Crippen LogP contribution in [0.15, 0.2) is 46.2 Å². The average molecular weight is 308 g/mol. The van der Waals surface area contributed by atoms with E-state index in [1.54, 1.807) is 18.4 Å². The van der Waals surface area contributed by atoms with Crippen LogP contribution in [0.2, 0.25) is 0 Å². The smallest absolute Gasteiger partial charge is 0.168 e. The van der Waals surface area contributed by atoms with E-state index in [-0.39, 0.29) is 4.90 Å². The van der Waals surface area contributed by atoms with E-state index in [2.05, 4.69) is 0 Å². The van der Waals surface area contributed by atoms with Crippen molar-refractivity contribution >= 4 is 21.9 Å². The Labute approximate surface area is 123 Å². The minimum Gasteiger partial charge on any atom is -0.612 e. The molecule has 0 fully saturated rings. The fourth-order valence-corrected chi connectivity index (χ4v) is 3.65. The van der Waals surface area contributed by atoms with E-state index in [0.29, 0.717) is 16.0 Å². The van der Waals surface area contributed by atoms with Gasteiger partial charge in [-0.3, -0.25) is 0 Å². The molecule has 3 nitrogen and oxygen atoms in total. The van der Waals surface area contributed by atoms with Gasteiger partial charge in [-0.05, 0) is 54.3 Å². The normalized spacial score (nSPS) is 12.7. The van der Waals surface area contributed by atoms with Crippen molar-refractivity contribution in [2.75, 3.05) is 6.26 Å². The molecule has 0 aliphatic heterocycles. The molecule has 0 amide bonds. The van der Waals surface area contributed by atoms with Crippen LogP contribution in [0.25, 0.3) is 11.1 Å². The maximum Gasteiger partial charge on any atom is 0.168 e. The standard InChI is InChI=1S/C15H16O3S2/c1-10-4-6-12(14(8-10)19(3)16)13-7-5-11(2)9-15(13)20(17)18/h4-9,20H,1-3H3. The fourth-order valence-electron chi connectivity index (χ4n) is 2.11. The third-order valence-corrected chi connectivity index (χ3v) is 4.81. The molecule has 0 aromatic heterocycles. The van der Waals surface area contributed by atoms with Gasteiger partial charge in [0.15, 0.2) is 15.6 Å². The summed E-state index contributed by atoms with van der Waals surface area (Å²) in [4.78, 5) is 0.933. The van der Waals surface area contributed by atoms with Crippen molar-refractivity contribution in [3.05, 3.63) is 47.5 Å². The summed E-state index contributed by atoms with van der Waals surface area (Å²) in [7, 11) is -2.69.